The summed E-state index contributed by atoms with van der Waals surface area (Å²) in [6.45, 7) is 5.04. The van der Waals surface area contributed by atoms with Crippen molar-refractivity contribution in [1.29, 1.82) is 0 Å². The van der Waals surface area contributed by atoms with Crippen LogP contribution in [0.3, 0.4) is 0 Å². The standard InChI is InChI=1S/C14H23NO3S/c1-3-8-15-14(11-7-9-19(16,17)10-11)13-6-5-12(4-2)18-13/h5-6,11,14-15H,3-4,7-10H2,1-2H3. The van der Waals surface area contributed by atoms with Crippen molar-refractivity contribution in [3.8, 4) is 0 Å². The molecule has 2 heterocycles. The fourth-order valence-corrected chi connectivity index (χ4v) is 4.48. The molecule has 0 aromatic carbocycles. The molecule has 19 heavy (non-hydrogen) atoms. The molecular weight excluding hydrogens is 262 g/mol. The van der Waals surface area contributed by atoms with Gasteiger partial charge in [-0.05, 0) is 37.4 Å². The summed E-state index contributed by atoms with van der Waals surface area (Å²) in [5.74, 6) is 2.55. The Morgan fingerprint density at radius 2 is 2.21 bits per heavy atom. The molecule has 0 spiro atoms. The molecule has 0 saturated carbocycles. The molecule has 108 valence electrons. The van der Waals surface area contributed by atoms with Gasteiger partial charge in [0.25, 0.3) is 0 Å². The second kappa shape index (κ2) is 6.09. The van der Waals surface area contributed by atoms with Crippen molar-refractivity contribution in [1.82, 2.24) is 5.32 Å². The van der Waals surface area contributed by atoms with Crippen molar-refractivity contribution in [2.24, 2.45) is 5.92 Å². The van der Waals surface area contributed by atoms with Gasteiger partial charge in [0, 0.05) is 6.42 Å². The van der Waals surface area contributed by atoms with Gasteiger partial charge in [-0.25, -0.2) is 8.42 Å². The number of rotatable bonds is 6. The molecule has 4 nitrogen and oxygen atoms in total. The van der Waals surface area contributed by atoms with Gasteiger partial charge in [0.05, 0.1) is 17.5 Å². The maximum absolute atomic E-state index is 11.7. The molecule has 1 aliphatic rings. The summed E-state index contributed by atoms with van der Waals surface area (Å²) in [6.07, 6.45) is 2.62. The molecule has 2 rings (SSSR count). The largest absolute Gasteiger partial charge is 0.464 e. The van der Waals surface area contributed by atoms with Crippen molar-refractivity contribution < 1.29 is 12.8 Å². The van der Waals surface area contributed by atoms with Gasteiger partial charge in [-0.3, -0.25) is 0 Å². The molecule has 1 aliphatic heterocycles. The number of hydrogen-bond acceptors (Lipinski definition) is 4. The third-order valence-corrected chi connectivity index (χ3v) is 5.48. The van der Waals surface area contributed by atoms with E-state index in [2.05, 4.69) is 19.2 Å². The highest BCUT2D eigenvalue weighted by atomic mass is 32.2. The summed E-state index contributed by atoms with van der Waals surface area (Å²) >= 11 is 0. The SMILES string of the molecule is CCCNC(c1ccc(CC)o1)C1CCS(=O)(=O)C1. The fraction of sp³-hybridized carbons (Fsp3) is 0.714. The predicted octanol–water partition coefficient (Wildman–Crippen LogP) is 2.32. The lowest BCUT2D eigenvalue weighted by Gasteiger charge is -2.21. The van der Waals surface area contributed by atoms with Crippen LogP contribution in [0.4, 0.5) is 0 Å². The fourth-order valence-electron chi connectivity index (χ4n) is 2.64. The van der Waals surface area contributed by atoms with Crippen molar-refractivity contribution in [2.45, 2.75) is 39.2 Å². The Labute approximate surface area is 115 Å². The first-order chi connectivity index (χ1) is 9.05. The molecule has 0 bridgehead atoms. The minimum Gasteiger partial charge on any atom is -0.464 e. The van der Waals surface area contributed by atoms with Gasteiger partial charge in [-0.1, -0.05) is 13.8 Å². The molecule has 1 aromatic rings. The highest BCUT2D eigenvalue weighted by Gasteiger charge is 2.35. The van der Waals surface area contributed by atoms with E-state index in [-0.39, 0.29) is 17.7 Å². The van der Waals surface area contributed by atoms with Gasteiger partial charge < -0.3 is 9.73 Å². The van der Waals surface area contributed by atoms with Crippen LogP contribution in [-0.2, 0) is 16.3 Å². The molecule has 1 saturated heterocycles. The van der Waals surface area contributed by atoms with E-state index in [0.717, 1.165) is 37.3 Å². The van der Waals surface area contributed by atoms with Crippen LogP contribution >= 0.6 is 0 Å². The summed E-state index contributed by atoms with van der Waals surface area (Å²) < 4.78 is 29.1. The number of furan rings is 1. The van der Waals surface area contributed by atoms with Crippen molar-refractivity contribution in [2.75, 3.05) is 18.1 Å². The van der Waals surface area contributed by atoms with E-state index in [0.29, 0.717) is 5.75 Å². The van der Waals surface area contributed by atoms with Gasteiger partial charge in [0.1, 0.15) is 11.5 Å². The Morgan fingerprint density at radius 3 is 2.74 bits per heavy atom. The minimum atomic E-state index is -2.85. The van der Waals surface area contributed by atoms with Crippen LogP contribution in [-0.4, -0.2) is 26.5 Å². The van der Waals surface area contributed by atoms with E-state index < -0.39 is 9.84 Å². The maximum atomic E-state index is 11.7. The molecule has 1 aromatic heterocycles. The molecule has 0 amide bonds. The quantitative estimate of drug-likeness (QED) is 0.871. The monoisotopic (exact) mass is 285 g/mol. The highest BCUT2D eigenvalue weighted by Crippen LogP contribution is 2.32. The highest BCUT2D eigenvalue weighted by molar-refractivity contribution is 7.91. The normalized spacial score (nSPS) is 23.6. The molecule has 1 N–H and O–H groups in total. The van der Waals surface area contributed by atoms with E-state index >= 15 is 0 Å². The summed E-state index contributed by atoms with van der Waals surface area (Å²) in [7, 11) is -2.85. The van der Waals surface area contributed by atoms with Gasteiger partial charge in [-0.2, -0.15) is 0 Å². The number of nitrogens with one attached hydrogen (secondary N) is 1. The Kier molecular flexibility index (Phi) is 4.68. The van der Waals surface area contributed by atoms with E-state index in [1.165, 1.54) is 0 Å². The Bertz CT molecular complexity index is 507. The average Bonchev–Trinajstić information content (AvgIpc) is 2.97. The van der Waals surface area contributed by atoms with Crippen LogP contribution in [0, 0.1) is 5.92 Å². The Hall–Kier alpha value is -0.810. The number of hydrogen-bond donors (Lipinski definition) is 1. The number of aryl methyl sites for hydroxylation is 1. The lowest BCUT2D eigenvalue weighted by Crippen LogP contribution is -2.29. The van der Waals surface area contributed by atoms with Crippen molar-refractivity contribution >= 4 is 9.84 Å². The average molecular weight is 285 g/mol. The zero-order valence-corrected chi connectivity index (χ0v) is 12.5. The van der Waals surface area contributed by atoms with Gasteiger partial charge in [0.15, 0.2) is 9.84 Å². The van der Waals surface area contributed by atoms with Crippen LogP contribution in [0.25, 0.3) is 0 Å². The summed E-state index contributed by atoms with van der Waals surface area (Å²) in [4.78, 5) is 0. The number of sulfone groups is 1. The molecule has 1 fully saturated rings. The lowest BCUT2D eigenvalue weighted by atomic mass is 9.97. The van der Waals surface area contributed by atoms with Crippen LogP contribution in [0.15, 0.2) is 16.5 Å². The molecule has 0 radical (unpaired) electrons. The van der Waals surface area contributed by atoms with E-state index in [9.17, 15) is 8.42 Å². The van der Waals surface area contributed by atoms with Crippen LogP contribution < -0.4 is 5.32 Å². The zero-order valence-electron chi connectivity index (χ0n) is 11.7. The molecule has 2 unspecified atom stereocenters. The van der Waals surface area contributed by atoms with Crippen LogP contribution in [0.5, 0.6) is 0 Å². The maximum Gasteiger partial charge on any atom is 0.150 e. The van der Waals surface area contributed by atoms with Crippen LogP contribution in [0.2, 0.25) is 0 Å². The van der Waals surface area contributed by atoms with Crippen molar-refractivity contribution in [3.63, 3.8) is 0 Å². The third-order valence-electron chi connectivity index (χ3n) is 3.69. The molecule has 5 heteroatoms. The van der Waals surface area contributed by atoms with Gasteiger partial charge in [-0.15, -0.1) is 0 Å². The van der Waals surface area contributed by atoms with E-state index in [1.807, 2.05) is 12.1 Å². The topological polar surface area (TPSA) is 59.3 Å². The van der Waals surface area contributed by atoms with Crippen molar-refractivity contribution in [3.05, 3.63) is 23.7 Å². The second-order valence-corrected chi connectivity index (χ2v) is 7.48. The smallest absolute Gasteiger partial charge is 0.150 e. The first-order valence-corrected chi connectivity index (χ1v) is 8.90. The minimum absolute atomic E-state index is 0.0255. The Balaban J connectivity index is 2.16. The predicted molar refractivity (Wildman–Crippen MR) is 75.9 cm³/mol. The third kappa shape index (κ3) is 3.60. The van der Waals surface area contributed by atoms with E-state index in [4.69, 9.17) is 4.42 Å². The Morgan fingerprint density at radius 1 is 1.42 bits per heavy atom. The zero-order chi connectivity index (χ0) is 13.9. The van der Waals surface area contributed by atoms with E-state index in [1.54, 1.807) is 0 Å². The summed E-state index contributed by atoms with van der Waals surface area (Å²) in [6, 6.07) is 3.99. The van der Waals surface area contributed by atoms with Gasteiger partial charge >= 0.3 is 0 Å². The second-order valence-electron chi connectivity index (χ2n) is 5.25. The molecule has 2 atom stereocenters. The lowest BCUT2D eigenvalue weighted by molar-refractivity contribution is 0.322. The summed E-state index contributed by atoms with van der Waals surface area (Å²) in [5, 5.41) is 3.44. The van der Waals surface area contributed by atoms with Gasteiger partial charge in [0.2, 0.25) is 0 Å². The first-order valence-electron chi connectivity index (χ1n) is 7.08. The van der Waals surface area contributed by atoms with Crippen LogP contribution in [0.1, 0.15) is 44.3 Å². The molecular formula is C14H23NO3S. The first kappa shape index (κ1) is 14.6. The summed E-state index contributed by atoms with van der Waals surface area (Å²) in [5.41, 5.74) is 0. The molecule has 0 aliphatic carbocycles.